The summed E-state index contributed by atoms with van der Waals surface area (Å²) in [6, 6.07) is 10.3. The molecule has 1 aliphatic heterocycles. The normalized spacial score (nSPS) is 15.4. The number of nitrogens with zero attached hydrogens (tertiary/aromatic N) is 3. The molecule has 1 aromatic carbocycles. The largest absolute Gasteiger partial charge is 0.379 e. The number of hydrogen-bond donors (Lipinski definition) is 2. The lowest BCUT2D eigenvalue weighted by Crippen LogP contribution is -2.35. The SMILES string of the molecule is O=CNc1cnc2n[nH]c(-c3cccc(CN4CCOCC4)c3)c2c1. The molecule has 7 heteroatoms. The van der Waals surface area contributed by atoms with Crippen LogP contribution in [0.15, 0.2) is 36.5 Å². The van der Waals surface area contributed by atoms with Crippen molar-refractivity contribution in [3.63, 3.8) is 0 Å². The quantitative estimate of drug-likeness (QED) is 0.696. The third kappa shape index (κ3) is 3.38. The van der Waals surface area contributed by atoms with Gasteiger partial charge in [-0.25, -0.2) is 4.98 Å². The maximum Gasteiger partial charge on any atom is 0.211 e. The van der Waals surface area contributed by atoms with Crippen LogP contribution in [0, 0.1) is 0 Å². The smallest absolute Gasteiger partial charge is 0.211 e. The topological polar surface area (TPSA) is 83.1 Å². The molecule has 0 bridgehead atoms. The zero-order chi connectivity index (χ0) is 17.1. The summed E-state index contributed by atoms with van der Waals surface area (Å²) in [6.07, 6.45) is 2.24. The lowest BCUT2D eigenvalue weighted by Gasteiger charge is -2.26. The second-order valence-electron chi connectivity index (χ2n) is 6.04. The number of aromatic nitrogens is 3. The van der Waals surface area contributed by atoms with E-state index in [1.165, 1.54) is 5.56 Å². The van der Waals surface area contributed by atoms with Gasteiger partial charge in [0.05, 0.1) is 30.8 Å². The van der Waals surface area contributed by atoms with Crippen molar-refractivity contribution in [3.05, 3.63) is 42.1 Å². The number of amides is 1. The van der Waals surface area contributed by atoms with E-state index in [-0.39, 0.29) is 0 Å². The first-order chi connectivity index (χ1) is 12.3. The standard InChI is InChI=1S/C18H19N5O2/c24-12-20-15-9-16-17(21-22-18(16)19-10-15)14-3-1-2-13(8-14)11-23-4-6-25-7-5-23/h1-3,8-10,12H,4-7,11H2,(H,20,24)(H,19,21,22). The summed E-state index contributed by atoms with van der Waals surface area (Å²) >= 11 is 0. The van der Waals surface area contributed by atoms with Crippen LogP contribution in [0.1, 0.15) is 5.56 Å². The van der Waals surface area contributed by atoms with Gasteiger partial charge in [0, 0.05) is 30.6 Å². The summed E-state index contributed by atoms with van der Waals surface area (Å²) < 4.78 is 5.41. The number of rotatable bonds is 5. The van der Waals surface area contributed by atoms with E-state index in [0.717, 1.165) is 49.5 Å². The highest BCUT2D eigenvalue weighted by molar-refractivity contribution is 5.93. The van der Waals surface area contributed by atoms with Crippen LogP contribution in [-0.4, -0.2) is 52.8 Å². The monoisotopic (exact) mass is 337 g/mol. The minimum atomic E-state index is 0.630. The Labute approximate surface area is 145 Å². The molecule has 0 unspecified atom stereocenters. The Morgan fingerprint density at radius 2 is 2.16 bits per heavy atom. The molecule has 2 aromatic heterocycles. The van der Waals surface area contributed by atoms with Crippen LogP contribution in [0.25, 0.3) is 22.3 Å². The molecule has 0 atom stereocenters. The van der Waals surface area contributed by atoms with E-state index in [9.17, 15) is 4.79 Å². The second-order valence-corrected chi connectivity index (χ2v) is 6.04. The third-order valence-electron chi connectivity index (χ3n) is 4.36. The molecule has 128 valence electrons. The Balaban J connectivity index is 1.64. The first-order valence-electron chi connectivity index (χ1n) is 8.27. The van der Waals surface area contributed by atoms with Crippen LogP contribution in [-0.2, 0) is 16.1 Å². The fourth-order valence-corrected chi connectivity index (χ4v) is 3.11. The molecule has 2 N–H and O–H groups in total. The average molecular weight is 337 g/mol. The van der Waals surface area contributed by atoms with Crippen molar-refractivity contribution >= 4 is 23.1 Å². The summed E-state index contributed by atoms with van der Waals surface area (Å²) in [4.78, 5) is 17.3. The number of fused-ring (bicyclic) bond motifs is 1. The Hall–Kier alpha value is -2.77. The van der Waals surface area contributed by atoms with Gasteiger partial charge in [0.1, 0.15) is 0 Å². The fraction of sp³-hybridized carbons (Fsp3) is 0.278. The molecule has 4 rings (SSSR count). The number of carbonyl (C=O) groups is 1. The highest BCUT2D eigenvalue weighted by atomic mass is 16.5. The van der Waals surface area contributed by atoms with Gasteiger partial charge in [0.2, 0.25) is 6.41 Å². The second kappa shape index (κ2) is 7.00. The molecular formula is C18H19N5O2. The summed E-state index contributed by atoms with van der Waals surface area (Å²) in [7, 11) is 0. The molecule has 25 heavy (non-hydrogen) atoms. The first kappa shape index (κ1) is 15.7. The lowest BCUT2D eigenvalue weighted by atomic mass is 10.1. The Kier molecular flexibility index (Phi) is 4.41. The summed E-state index contributed by atoms with van der Waals surface area (Å²) in [5, 5.41) is 10.8. The Morgan fingerprint density at radius 3 is 3.00 bits per heavy atom. The molecule has 0 aliphatic carbocycles. The minimum absolute atomic E-state index is 0.630. The van der Waals surface area contributed by atoms with Gasteiger partial charge in [0.15, 0.2) is 5.65 Å². The van der Waals surface area contributed by atoms with Crippen molar-refractivity contribution in [2.75, 3.05) is 31.6 Å². The number of hydrogen-bond acceptors (Lipinski definition) is 5. The Morgan fingerprint density at radius 1 is 1.28 bits per heavy atom. The molecule has 1 fully saturated rings. The average Bonchev–Trinajstić information content (AvgIpc) is 3.06. The molecule has 1 saturated heterocycles. The van der Waals surface area contributed by atoms with Crippen LogP contribution >= 0.6 is 0 Å². The maximum atomic E-state index is 10.7. The molecule has 3 heterocycles. The predicted molar refractivity (Wildman–Crippen MR) is 95.1 cm³/mol. The van der Waals surface area contributed by atoms with Crippen molar-refractivity contribution in [1.29, 1.82) is 0 Å². The fourth-order valence-electron chi connectivity index (χ4n) is 3.11. The van der Waals surface area contributed by atoms with Gasteiger partial charge < -0.3 is 10.1 Å². The number of pyridine rings is 1. The number of aromatic amines is 1. The summed E-state index contributed by atoms with van der Waals surface area (Å²) in [5.74, 6) is 0. The van der Waals surface area contributed by atoms with Gasteiger partial charge in [-0.15, -0.1) is 0 Å². The molecule has 3 aromatic rings. The molecule has 7 nitrogen and oxygen atoms in total. The molecule has 0 spiro atoms. The van der Waals surface area contributed by atoms with Gasteiger partial charge in [-0.2, -0.15) is 5.10 Å². The molecule has 1 aliphatic rings. The Bertz CT molecular complexity index is 886. The van der Waals surface area contributed by atoms with E-state index in [4.69, 9.17) is 4.74 Å². The van der Waals surface area contributed by atoms with E-state index < -0.39 is 0 Å². The van der Waals surface area contributed by atoms with Crippen LogP contribution in [0.5, 0.6) is 0 Å². The number of morpholine rings is 1. The van der Waals surface area contributed by atoms with E-state index in [1.54, 1.807) is 6.20 Å². The zero-order valence-corrected chi connectivity index (χ0v) is 13.7. The first-order valence-corrected chi connectivity index (χ1v) is 8.27. The van der Waals surface area contributed by atoms with Gasteiger partial charge in [-0.3, -0.25) is 14.8 Å². The summed E-state index contributed by atoms with van der Waals surface area (Å²) in [6.45, 7) is 4.41. The van der Waals surface area contributed by atoms with Crippen molar-refractivity contribution in [2.24, 2.45) is 0 Å². The number of nitrogens with one attached hydrogen (secondary N) is 2. The van der Waals surface area contributed by atoms with Gasteiger partial charge in [-0.1, -0.05) is 18.2 Å². The van der Waals surface area contributed by atoms with Crippen LogP contribution < -0.4 is 5.32 Å². The van der Waals surface area contributed by atoms with E-state index >= 15 is 0 Å². The molecular weight excluding hydrogens is 318 g/mol. The molecule has 1 amide bonds. The minimum Gasteiger partial charge on any atom is -0.379 e. The molecule has 0 saturated carbocycles. The van der Waals surface area contributed by atoms with Crippen LogP contribution in [0.3, 0.4) is 0 Å². The van der Waals surface area contributed by atoms with Gasteiger partial charge in [0.25, 0.3) is 0 Å². The van der Waals surface area contributed by atoms with E-state index in [2.05, 4.69) is 49.7 Å². The number of H-pyrrole nitrogens is 1. The van der Waals surface area contributed by atoms with Crippen LogP contribution in [0.2, 0.25) is 0 Å². The van der Waals surface area contributed by atoms with Gasteiger partial charge >= 0.3 is 0 Å². The van der Waals surface area contributed by atoms with Crippen molar-refractivity contribution in [3.8, 4) is 11.3 Å². The maximum absolute atomic E-state index is 10.7. The highest BCUT2D eigenvalue weighted by Crippen LogP contribution is 2.28. The zero-order valence-electron chi connectivity index (χ0n) is 13.7. The van der Waals surface area contributed by atoms with Gasteiger partial charge in [-0.05, 0) is 17.7 Å². The number of carbonyl (C=O) groups excluding carboxylic acids is 1. The van der Waals surface area contributed by atoms with Crippen molar-refractivity contribution < 1.29 is 9.53 Å². The molecule has 0 radical (unpaired) electrons. The van der Waals surface area contributed by atoms with E-state index in [1.807, 2.05) is 6.07 Å². The number of ether oxygens (including phenoxy) is 1. The lowest BCUT2D eigenvalue weighted by molar-refractivity contribution is -0.105. The number of anilines is 1. The highest BCUT2D eigenvalue weighted by Gasteiger charge is 2.13. The van der Waals surface area contributed by atoms with Crippen LogP contribution in [0.4, 0.5) is 5.69 Å². The summed E-state index contributed by atoms with van der Waals surface area (Å²) in [5.41, 5.74) is 4.48. The van der Waals surface area contributed by atoms with E-state index in [0.29, 0.717) is 17.7 Å². The predicted octanol–water partition coefficient (Wildman–Crippen LogP) is 2.03. The van der Waals surface area contributed by atoms with Crippen molar-refractivity contribution in [1.82, 2.24) is 20.1 Å². The number of benzene rings is 1. The third-order valence-corrected chi connectivity index (χ3v) is 4.36. The van der Waals surface area contributed by atoms with Crippen molar-refractivity contribution in [2.45, 2.75) is 6.54 Å².